The molecule has 0 saturated heterocycles. The van der Waals surface area contributed by atoms with Crippen LogP contribution in [-0.2, 0) is 0 Å². The van der Waals surface area contributed by atoms with Gasteiger partial charge in [0.25, 0.3) is 5.56 Å². The summed E-state index contributed by atoms with van der Waals surface area (Å²) in [5.74, 6) is 0. The van der Waals surface area contributed by atoms with Crippen LogP contribution in [0.25, 0.3) is 33.4 Å². The average Bonchev–Trinajstić information content (AvgIpc) is 3.17. The van der Waals surface area contributed by atoms with Gasteiger partial charge in [-0.15, -0.1) is 0 Å². The van der Waals surface area contributed by atoms with Gasteiger partial charge in [-0.25, -0.2) is 5.10 Å². The van der Waals surface area contributed by atoms with Crippen molar-refractivity contribution in [3.8, 4) is 22.5 Å². The van der Waals surface area contributed by atoms with Crippen LogP contribution in [0.5, 0.6) is 0 Å². The Bertz CT molecular complexity index is 1020. The van der Waals surface area contributed by atoms with Crippen molar-refractivity contribution in [1.29, 1.82) is 0 Å². The van der Waals surface area contributed by atoms with Crippen LogP contribution in [0.3, 0.4) is 0 Å². The highest BCUT2D eigenvalue weighted by Gasteiger charge is 2.15. The molecule has 0 unspecified atom stereocenters. The number of nitrogens with zero attached hydrogens (tertiary/aromatic N) is 2. The standard InChI is InChI=1S/C15H10BrN5O/c16-13-9-3-1-2-4-11(9)19-14(13)10-5-12(20-21-15(10)22)8-6-17-18-7-8/h1-7,19H,(H,17,18)(H,21,22). The van der Waals surface area contributed by atoms with E-state index in [9.17, 15) is 4.79 Å². The fourth-order valence-corrected chi connectivity index (χ4v) is 3.08. The van der Waals surface area contributed by atoms with Crippen molar-refractivity contribution in [2.45, 2.75) is 0 Å². The molecule has 0 spiro atoms. The van der Waals surface area contributed by atoms with Gasteiger partial charge >= 0.3 is 0 Å². The number of nitrogens with one attached hydrogen (secondary N) is 3. The number of benzene rings is 1. The highest BCUT2D eigenvalue weighted by molar-refractivity contribution is 9.10. The first-order valence-electron chi connectivity index (χ1n) is 6.59. The molecule has 0 amide bonds. The number of hydrogen-bond donors (Lipinski definition) is 3. The maximum Gasteiger partial charge on any atom is 0.273 e. The normalized spacial score (nSPS) is 11.1. The number of halogens is 1. The molecule has 0 bridgehead atoms. The van der Waals surface area contributed by atoms with Gasteiger partial charge in [0, 0.05) is 22.7 Å². The maximum atomic E-state index is 12.2. The van der Waals surface area contributed by atoms with Crippen LogP contribution in [0, 0.1) is 0 Å². The summed E-state index contributed by atoms with van der Waals surface area (Å²) in [6.07, 6.45) is 3.38. The van der Waals surface area contributed by atoms with Crippen molar-refractivity contribution in [3.63, 3.8) is 0 Å². The van der Waals surface area contributed by atoms with Gasteiger partial charge in [-0.1, -0.05) is 18.2 Å². The minimum absolute atomic E-state index is 0.250. The van der Waals surface area contributed by atoms with Gasteiger partial charge in [0.05, 0.1) is 27.6 Å². The molecule has 7 heteroatoms. The minimum atomic E-state index is -0.250. The number of hydrogen-bond acceptors (Lipinski definition) is 3. The lowest BCUT2D eigenvalue weighted by Gasteiger charge is -2.01. The van der Waals surface area contributed by atoms with E-state index in [0.717, 1.165) is 26.6 Å². The van der Waals surface area contributed by atoms with E-state index >= 15 is 0 Å². The number of H-pyrrole nitrogens is 3. The Morgan fingerprint density at radius 2 is 2.05 bits per heavy atom. The first-order chi connectivity index (χ1) is 10.7. The number of aromatic nitrogens is 5. The second-order valence-corrected chi connectivity index (χ2v) is 5.64. The third-order valence-electron chi connectivity index (χ3n) is 3.51. The molecule has 0 aliphatic carbocycles. The van der Waals surface area contributed by atoms with Crippen molar-refractivity contribution in [3.05, 3.63) is 57.6 Å². The molecule has 3 heterocycles. The van der Waals surface area contributed by atoms with Crippen molar-refractivity contribution in [1.82, 2.24) is 25.4 Å². The molecule has 1 aromatic carbocycles. The molecule has 0 atom stereocenters. The van der Waals surface area contributed by atoms with Gasteiger partial charge in [0.15, 0.2) is 0 Å². The molecule has 0 saturated carbocycles. The smallest absolute Gasteiger partial charge is 0.273 e. The molecule has 3 N–H and O–H groups in total. The molecule has 4 aromatic rings. The topological polar surface area (TPSA) is 90.2 Å². The van der Waals surface area contributed by atoms with Gasteiger partial charge in [0.2, 0.25) is 0 Å². The number of para-hydroxylation sites is 1. The van der Waals surface area contributed by atoms with E-state index in [1.165, 1.54) is 0 Å². The van der Waals surface area contributed by atoms with E-state index in [1.807, 2.05) is 24.3 Å². The Kier molecular flexibility index (Phi) is 2.93. The Hall–Kier alpha value is -2.67. The van der Waals surface area contributed by atoms with E-state index in [0.29, 0.717) is 11.3 Å². The van der Waals surface area contributed by atoms with Crippen LogP contribution in [0.2, 0.25) is 0 Å². The van der Waals surface area contributed by atoms with Crippen LogP contribution in [0.4, 0.5) is 0 Å². The first kappa shape index (κ1) is 13.0. The SMILES string of the molecule is O=c1[nH]nc(-c2cn[nH]c2)cc1-c1[nH]c2ccccc2c1Br. The lowest BCUT2D eigenvalue weighted by atomic mass is 10.1. The highest BCUT2D eigenvalue weighted by atomic mass is 79.9. The minimum Gasteiger partial charge on any atom is -0.353 e. The summed E-state index contributed by atoms with van der Waals surface area (Å²) in [5, 5.41) is 14.3. The van der Waals surface area contributed by atoms with E-state index in [1.54, 1.807) is 18.5 Å². The maximum absolute atomic E-state index is 12.2. The van der Waals surface area contributed by atoms with Gasteiger partial charge in [-0.2, -0.15) is 10.2 Å². The Balaban J connectivity index is 1.96. The van der Waals surface area contributed by atoms with Crippen molar-refractivity contribution >= 4 is 26.8 Å². The molecule has 3 aromatic heterocycles. The van der Waals surface area contributed by atoms with E-state index in [2.05, 4.69) is 41.3 Å². The summed E-state index contributed by atoms with van der Waals surface area (Å²) in [5.41, 5.74) is 3.42. The lowest BCUT2D eigenvalue weighted by molar-refractivity contribution is 0.996. The highest BCUT2D eigenvalue weighted by Crippen LogP contribution is 2.33. The van der Waals surface area contributed by atoms with Crippen LogP contribution in [-0.4, -0.2) is 25.4 Å². The molecule has 22 heavy (non-hydrogen) atoms. The number of aromatic amines is 3. The van der Waals surface area contributed by atoms with Crippen molar-refractivity contribution in [2.24, 2.45) is 0 Å². The molecule has 6 nitrogen and oxygen atoms in total. The van der Waals surface area contributed by atoms with Gasteiger partial charge in [-0.05, 0) is 28.1 Å². The second kappa shape index (κ2) is 4.96. The van der Waals surface area contributed by atoms with Gasteiger partial charge < -0.3 is 4.98 Å². The van der Waals surface area contributed by atoms with Gasteiger partial charge in [-0.3, -0.25) is 9.89 Å². The average molecular weight is 356 g/mol. The molecule has 108 valence electrons. The summed E-state index contributed by atoms with van der Waals surface area (Å²) < 4.78 is 0.859. The van der Waals surface area contributed by atoms with Gasteiger partial charge in [0.1, 0.15) is 0 Å². The third kappa shape index (κ3) is 1.98. The van der Waals surface area contributed by atoms with E-state index in [4.69, 9.17) is 0 Å². The Labute approximate surface area is 132 Å². The predicted octanol–water partition coefficient (Wildman–Crippen LogP) is 3.07. The van der Waals surface area contributed by atoms with Crippen molar-refractivity contribution < 1.29 is 0 Å². The molecule has 0 aliphatic heterocycles. The number of fused-ring (bicyclic) bond motifs is 1. The van der Waals surface area contributed by atoms with Crippen LogP contribution in [0.15, 0.2) is 52.0 Å². The van der Waals surface area contributed by atoms with Crippen LogP contribution in [0.1, 0.15) is 0 Å². The predicted molar refractivity (Wildman–Crippen MR) is 87.4 cm³/mol. The fourth-order valence-electron chi connectivity index (χ4n) is 2.42. The first-order valence-corrected chi connectivity index (χ1v) is 7.39. The zero-order valence-corrected chi connectivity index (χ0v) is 12.8. The lowest BCUT2D eigenvalue weighted by Crippen LogP contribution is -2.11. The summed E-state index contributed by atoms with van der Waals surface area (Å²) >= 11 is 3.57. The summed E-state index contributed by atoms with van der Waals surface area (Å²) in [6, 6.07) is 9.61. The molecule has 0 radical (unpaired) electrons. The van der Waals surface area contributed by atoms with E-state index < -0.39 is 0 Å². The Morgan fingerprint density at radius 3 is 2.82 bits per heavy atom. The number of rotatable bonds is 2. The summed E-state index contributed by atoms with van der Waals surface area (Å²) in [7, 11) is 0. The molecular weight excluding hydrogens is 346 g/mol. The molecule has 4 rings (SSSR count). The zero-order valence-electron chi connectivity index (χ0n) is 11.2. The van der Waals surface area contributed by atoms with E-state index in [-0.39, 0.29) is 5.56 Å². The fraction of sp³-hybridized carbons (Fsp3) is 0. The quantitative estimate of drug-likeness (QED) is 0.516. The molecule has 0 aliphatic rings. The molecule has 0 fully saturated rings. The zero-order chi connectivity index (χ0) is 15.1. The Morgan fingerprint density at radius 1 is 1.18 bits per heavy atom. The van der Waals surface area contributed by atoms with Crippen LogP contribution < -0.4 is 5.56 Å². The monoisotopic (exact) mass is 355 g/mol. The summed E-state index contributed by atoms with van der Waals surface area (Å²) in [4.78, 5) is 15.5. The molecular formula is C15H10BrN5O. The van der Waals surface area contributed by atoms with Crippen molar-refractivity contribution in [2.75, 3.05) is 0 Å². The second-order valence-electron chi connectivity index (χ2n) is 4.84. The summed E-state index contributed by atoms with van der Waals surface area (Å²) in [6.45, 7) is 0. The third-order valence-corrected chi connectivity index (χ3v) is 4.33. The van der Waals surface area contributed by atoms with Crippen LogP contribution >= 0.6 is 15.9 Å². The largest absolute Gasteiger partial charge is 0.353 e.